The van der Waals surface area contributed by atoms with Crippen LogP contribution < -0.4 is 10.5 Å². The number of phenolic OH excluding ortho intramolecular Hbond substituents is 1. The molecule has 0 aliphatic heterocycles. The summed E-state index contributed by atoms with van der Waals surface area (Å²) in [5.41, 5.74) is 6.65. The van der Waals surface area contributed by atoms with Crippen molar-refractivity contribution in [3.8, 4) is 17.2 Å². The summed E-state index contributed by atoms with van der Waals surface area (Å²) in [6, 6.07) is 10.00. The Hall–Kier alpha value is -0.870. The van der Waals surface area contributed by atoms with Gasteiger partial charge in [0.1, 0.15) is 17.8 Å². The van der Waals surface area contributed by atoms with Crippen LogP contribution in [0.1, 0.15) is 5.56 Å². The van der Waals surface area contributed by atoms with Gasteiger partial charge in [-0.15, -0.1) is 0 Å². The summed E-state index contributed by atoms with van der Waals surface area (Å²) in [6.45, 7) is 0. The first-order valence-corrected chi connectivity index (χ1v) is 8.31. The Kier molecular flexibility index (Phi) is 5.82. The molecule has 0 aliphatic rings. The summed E-state index contributed by atoms with van der Waals surface area (Å²) in [4.78, 5) is 10.6. The van der Waals surface area contributed by atoms with Crippen LogP contribution in [0.3, 0.4) is 0 Å². The van der Waals surface area contributed by atoms with Gasteiger partial charge in [-0.3, -0.25) is 0 Å². The lowest BCUT2D eigenvalue weighted by atomic mass is 10.1. The molecule has 2 rings (SSSR count). The highest BCUT2D eigenvalue weighted by molar-refractivity contribution is 14.1. The molecule has 2 aromatic carbocycles. The van der Waals surface area contributed by atoms with Gasteiger partial charge in [-0.1, -0.05) is 0 Å². The minimum atomic E-state index is -0.486. The number of carbonyl (C=O) groups excluding carboxylic acids is 1. The molecular formula is C15H13I2NO3. The zero-order valence-electron chi connectivity index (χ0n) is 10.9. The molecule has 0 fully saturated rings. The van der Waals surface area contributed by atoms with E-state index < -0.39 is 6.04 Å². The maximum Gasteiger partial charge on any atom is 0.154 e. The molecule has 2 aromatic rings. The van der Waals surface area contributed by atoms with Gasteiger partial charge in [-0.2, -0.15) is 0 Å². The molecule has 0 aromatic heterocycles. The minimum absolute atomic E-state index is 0.199. The van der Waals surface area contributed by atoms with Crippen LogP contribution in [0.2, 0.25) is 0 Å². The van der Waals surface area contributed by atoms with Crippen molar-refractivity contribution in [2.24, 2.45) is 5.73 Å². The maximum atomic E-state index is 10.6. The highest BCUT2D eigenvalue weighted by atomic mass is 127. The zero-order valence-corrected chi connectivity index (χ0v) is 15.2. The Morgan fingerprint density at radius 2 is 1.76 bits per heavy atom. The monoisotopic (exact) mass is 509 g/mol. The number of aromatic hydroxyl groups is 1. The molecule has 1 unspecified atom stereocenters. The number of hydrogen-bond acceptors (Lipinski definition) is 4. The first-order chi connectivity index (χ1) is 9.99. The van der Waals surface area contributed by atoms with Crippen LogP contribution in [0, 0.1) is 7.14 Å². The fraction of sp³-hybridized carbons (Fsp3) is 0.133. The number of benzene rings is 2. The van der Waals surface area contributed by atoms with Crippen molar-refractivity contribution in [3.63, 3.8) is 0 Å². The number of halogens is 2. The second kappa shape index (κ2) is 7.41. The van der Waals surface area contributed by atoms with Crippen molar-refractivity contribution in [1.29, 1.82) is 0 Å². The molecule has 0 saturated heterocycles. The Morgan fingerprint density at radius 1 is 1.19 bits per heavy atom. The SMILES string of the molecule is NC(C=O)Cc1cc(I)c(Oc2ccc(O)cc2)c(I)c1. The van der Waals surface area contributed by atoms with Crippen molar-refractivity contribution in [3.05, 3.63) is 49.1 Å². The Balaban J connectivity index is 2.24. The fourth-order valence-electron chi connectivity index (χ4n) is 1.78. The Bertz CT molecular complexity index is 621. The standard InChI is InChI=1S/C15H13I2NO3/c16-13-6-9(5-10(18)8-19)7-14(17)15(13)21-12-3-1-11(20)2-4-12/h1-4,6-8,10,20H,5,18H2. The van der Waals surface area contributed by atoms with Crippen LogP contribution in [0.5, 0.6) is 17.2 Å². The summed E-state index contributed by atoms with van der Waals surface area (Å²) in [5, 5.41) is 9.28. The average Bonchev–Trinajstić information content (AvgIpc) is 2.44. The third kappa shape index (κ3) is 4.55. The van der Waals surface area contributed by atoms with Crippen molar-refractivity contribution in [1.82, 2.24) is 0 Å². The predicted octanol–water partition coefficient (Wildman–Crippen LogP) is 3.46. The highest BCUT2D eigenvalue weighted by Crippen LogP contribution is 2.33. The summed E-state index contributed by atoms with van der Waals surface area (Å²) >= 11 is 4.39. The maximum absolute atomic E-state index is 10.6. The first kappa shape index (κ1) is 16.5. The van der Waals surface area contributed by atoms with Gasteiger partial charge in [0.15, 0.2) is 5.75 Å². The second-order valence-electron chi connectivity index (χ2n) is 4.49. The summed E-state index contributed by atoms with van der Waals surface area (Å²) in [6.07, 6.45) is 1.26. The fourth-order valence-corrected chi connectivity index (χ4v) is 3.90. The van der Waals surface area contributed by atoms with E-state index in [1.807, 2.05) is 12.1 Å². The third-order valence-corrected chi connectivity index (χ3v) is 4.36. The topological polar surface area (TPSA) is 72.6 Å². The molecule has 0 spiro atoms. The average molecular weight is 509 g/mol. The molecular weight excluding hydrogens is 496 g/mol. The molecule has 0 amide bonds. The Labute approximate surface area is 150 Å². The molecule has 3 N–H and O–H groups in total. The summed E-state index contributed by atoms with van der Waals surface area (Å²) in [5.74, 6) is 1.61. The van der Waals surface area contributed by atoms with E-state index in [9.17, 15) is 9.90 Å². The van der Waals surface area contributed by atoms with E-state index in [0.29, 0.717) is 12.2 Å². The number of rotatable bonds is 5. The second-order valence-corrected chi connectivity index (χ2v) is 6.81. The number of hydrogen-bond donors (Lipinski definition) is 2. The molecule has 1 atom stereocenters. The van der Waals surface area contributed by atoms with Crippen molar-refractivity contribution in [2.45, 2.75) is 12.5 Å². The molecule has 0 radical (unpaired) electrons. The largest absolute Gasteiger partial charge is 0.508 e. The van der Waals surface area contributed by atoms with Crippen LogP contribution >= 0.6 is 45.2 Å². The molecule has 0 bridgehead atoms. The summed E-state index contributed by atoms with van der Waals surface area (Å²) < 4.78 is 7.74. The molecule has 6 heteroatoms. The number of aldehydes is 1. The molecule has 21 heavy (non-hydrogen) atoms. The first-order valence-electron chi connectivity index (χ1n) is 6.15. The Morgan fingerprint density at radius 3 is 2.29 bits per heavy atom. The normalized spacial score (nSPS) is 12.0. The lowest BCUT2D eigenvalue weighted by Crippen LogP contribution is -2.24. The number of phenols is 1. The van der Waals surface area contributed by atoms with Gasteiger partial charge in [0.25, 0.3) is 0 Å². The van der Waals surface area contributed by atoms with Gasteiger partial charge < -0.3 is 20.4 Å². The van der Waals surface area contributed by atoms with Crippen LogP contribution in [-0.2, 0) is 11.2 Å². The van der Waals surface area contributed by atoms with Gasteiger partial charge >= 0.3 is 0 Å². The number of ether oxygens (including phenoxy) is 1. The molecule has 110 valence electrons. The van der Waals surface area contributed by atoms with Gasteiger partial charge in [-0.05, 0) is 93.6 Å². The molecule has 0 saturated carbocycles. The lowest BCUT2D eigenvalue weighted by molar-refractivity contribution is -0.108. The molecule has 0 aliphatic carbocycles. The van der Waals surface area contributed by atoms with E-state index in [2.05, 4.69) is 45.2 Å². The van der Waals surface area contributed by atoms with Crippen LogP contribution in [0.25, 0.3) is 0 Å². The lowest BCUT2D eigenvalue weighted by Gasteiger charge is -2.13. The van der Waals surface area contributed by atoms with Crippen LogP contribution in [0.15, 0.2) is 36.4 Å². The van der Waals surface area contributed by atoms with Crippen LogP contribution in [0.4, 0.5) is 0 Å². The van der Waals surface area contributed by atoms with Crippen molar-refractivity contribution < 1.29 is 14.6 Å². The van der Waals surface area contributed by atoms with Crippen LogP contribution in [-0.4, -0.2) is 17.4 Å². The van der Waals surface area contributed by atoms with E-state index in [4.69, 9.17) is 10.5 Å². The predicted molar refractivity (Wildman–Crippen MR) is 97.8 cm³/mol. The van der Waals surface area contributed by atoms with Gasteiger partial charge in [0.05, 0.1) is 13.2 Å². The van der Waals surface area contributed by atoms with E-state index in [1.165, 1.54) is 0 Å². The van der Waals surface area contributed by atoms with Gasteiger partial charge in [-0.25, -0.2) is 0 Å². The van der Waals surface area contributed by atoms with E-state index in [0.717, 1.165) is 24.7 Å². The number of nitrogens with two attached hydrogens (primary N) is 1. The van der Waals surface area contributed by atoms with E-state index in [1.54, 1.807) is 24.3 Å². The third-order valence-electron chi connectivity index (χ3n) is 2.76. The molecule has 0 heterocycles. The van der Waals surface area contributed by atoms with Crippen molar-refractivity contribution in [2.75, 3.05) is 0 Å². The highest BCUT2D eigenvalue weighted by Gasteiger charge is 2.12. The number of carbonyl (C=O) groups is 1. The summed E-state index contributed by atoms with van der Waals surface area (Å²) in [7, 11) is 0. The van der Waals surface area contributed by atoms with Crippen molar-refractivity contribution >= 4 is 51.5 Å². The zero-order chi connectivity index (χ0) is 15.4. The minimum Gasteiger partial charge on any atom is -0.508 e. The quantitative estimate of drug-likeness (QED) is 0.479. The van der Waals surface area contributed by atoms with E-state index >= 15 is 0 Å². The smallest absolute Gasteiger partial charge is 0.154 e. The van der Waals surface area contributed by atoms with Gasteiger partial charge in [0, 0.05) is 0 Å². The van der Waals surface area contributed by atoms with Gasteiger partial charge in [0.2, 0.25) is 0 Å². The van der Waals surface area contributed by atoms with E-state index in [-0.39, 0.29) is 5.75 Å². The molecule has 4 nitrogen and oxygen atoms in total.